The van der Waals surface area contributed by atoms with E-state index in [1.54, 1.807) is 0 Å². The standard InChI is InChI=1S/C16H23ClN2O2/c1-2-5-14(18)16(20)19-10-8-12(9-11-19)21-15-7-4-3-6-13(15)17/h3-4,6-7,12,14H,2,5,8-11,18H2,1H3/t14-/m0/s1. The summed E-state index contributed by atoms with van der Waals surface area (Å²) in [7, 11) is 0. The average Bonchev–Trinajstić information content (AvgIpc) is 2.50. The first-order valence-electron chi connectivity index (χ1n) is 7.57. The fourth-order valence-corrected chi connectivity index (χ4v) is 2.76. The van der Waals surface area contributed by atoms with Gasteiger partial charge >= 0.3 is 0 Å². The third-order valence-corrected chi connectivity index (χ3v) is 4.11. The highest BCUT2D eigenvalue weighted by Gasteiger charge is 2.26. The predicted molar refractivity (Wildman–Crippen MR) is 84.6 cm³/mol. The van der Waals surface area contributed by atoms with Crippen LogP contribution in [0.25, 0.3) is 0 Å². The number of piperidine rings is 1. The Bertz CT molecular complexity index is 473. The molecule has 1 atom stereocenters. The first-order valence-corrected chi connectivity index (χ1v) is 7.95. The van der Waals surface area contributed by atoms with Crippen LogP contribution in [0.4, 0.5) is 0 Å². The molecule has 1 aliphatic rings. The third kappa shape index (κ3) is 4.35. The third-order valence-electron chi connectivity index (χ3n) is 3.80. The van der Waals surface area contributed by atoms with Gasteiger partial charge in [0.25, 0.3) is 0 Å². The summed E-state index contributed by atoms with van der Waals surface area (Å²) in [6.07, 6.45) is 3.41. The van der Waals surface area contributed by atoms with E-state index >= 15 is 0 Å². The van der Waals surface area contributed by atoms with Crippen molar-refractivity contribution in [3.63, 3.8) is 0 Å². The van der Waals surface area contributed by atoms with E-state index in [4.69, 9.17) is 22.1 Å². The largest absolute Gasteiger partial charge is 0.489 e. The van der Waals surface area contributed by atoms with Crippen molar-refractivity contribution >= 4 is 17.5 Å². The maximum atomic E-state index is 12.1. The van der Waals surface area contributed by atoms with Gasteiger partial charge in [-0.05, 0) is 18.6 Å². The lowest BCUT2D eigenvalue weighted by Gasteiger charge is -2.33. The van der Waals surface area contributed by atoms with E-state index in [0.29, 0.717) is 23.9 Å². The van der Waals surface area contributed by atoms with Gasteiger partial charge in [0.2, 0.25) is 5.91 Å². The number of ether oxygens (including phenoxy) is 1. The molecule has 1 fully saturated rings. The lowest BCUT2D eigenvalue weighted by Crippen LogP contribution is -2.48. The van der Waals surface area contributed by atoms with Gasteiger partial charge in [0.1, 0.15) is 11.9 Å². The Labute approximate surface area is 131 Å². The van der Waals surface area contributed by atoms with Gasteiger partial charge in [0, 0.05) is 25.9 Å². The number of carbonyl (C=O) groups is 1. The lowest BCUT2D eigenvalue weighted by atomic mass is 10.1. The van der Waals surface area contributed by atoms with Crippen molar-refractivity contribution in [1.29, 1.82) is 0 Å². The molecular formula is C16H23ClN2O2. The van der Waals surface area contributed by atoms with Crippen molar-refractivity contribution < 1.29 is 9.53 Å². The van der Waals surface area contributed by atoms with Crippen LogP contribution in [0.5, 0.6) is 5.75 Å². The van der Waals surface area contributed by atoms with E-state index in [1.807, 2.05) is 36.1 Å². The maximum absolute atomic E-state index is 12.1. The van der Waals surface area contributed by atoms with Crippen molar-refractivity contribution in [2.45, 2.75) is 44.8 Å². The van der Waals surface area contributed by atoms with Crippen LogP contribution in [0, 0.1) is 0 Å². The van der Waals surface area contributed by atoms with Crippen LogP contribution < -0.4 is 10.5 Å². The number of rotatable bonds is 5. The number of para-hydroxylation sites is 1. The van der Waals surface area contributed by atoms with Crippen molar-refractivity contribution in [2.75, 3.05) is 13.1 Å². The molecule has 1 aromatic rings. The van der Waals surface area contributed by atoms with E-state index in [9.17, 15) is 4.79 Å². The normalized spacial score (nSPS) is 17.6. The molecule has 21 heavy (non-hydrogen) atoms. The first-order chi connectivity index (χ1) is 10.1. The number of hydrogen-bond acceptors (Lipinski definition) is 3. The van der Waals surface area contributed by atoms with E-state index in [-0.39, 0.29) is 18.1 Å². The van der Waals surface area contributed by atoms with Gasteiger partial charge in [-0.3, -0.25) is 4.79 Å². The van der Waals surface area contributed by atoms with Gasteiger partial charge < -0.3 is 15.4 Å². The van der Waals surface area contributed by atoms with E-state index < -0.39 is 0 Å². The number of halogens is 1. The maximum Gasteiger partial charge on any atom is 0.239 e. The van der Waals surface area contributed by atoms with Crippen LogP contribution in [-0.4, -0.2) is 36.0 Å². The Balaban J connectivity index is 1.83. The molecule has 1 aromatic carbocycles. The summed E-state index contributed by atoms with van der Waals surface area (Å²) in [6, 6.07) is 7.11. The molecule has 116 valence electrons. The Hall–Kier alpha value is -1.26. The Morgan fingerprint density at radius 2 is 2.10 bits per heavy atom. The number of benzene rings is 1. The number of carbonyl (C=O) groups excluding carboxylic acids is 1. The SMILES string of the molecule is CCC[C@H](N)C(=O)N1CCC(Oc2ccccc2Cl)CC1. The fourth-order valence-electron chi connectivity index (χ4n) is 2.58. The van der Waals surface area contributed by atoms with E-state index in [0.717, 1.165) is 25.7 Å². The van der Waals surface area contributed by atoms with Gasteiger partial charge in [-0.25, -0.2) is 0 Å². The summed E-state index contributed by atoms with van der Waals surface area (Å²) in [4.78, 5) is 14.0. The highest BCUT2D eigenvalue weighted by atomic mass is 35.5. The Morgan fingerprint density at radius 1 is 1.43 bits per heavy atom. The zero-order valence-electron chi connectivity index (χ0n) is 12.4. The summed E-state index contributed by atoms with van der Waals surface area (Å²) < 4.78 is 5.92. The number of hydrogen-bond donors (Lipinski definition) is 1. The van der Waals surface area contributed by atoms with Crippen LogP contribution in [0.3, 0.4) is 0 Å². The minimum Gasteiger partial charge on any atom is -0.489 e. The number of likely N-dealkylation sites (tertiary alicyclic amines) is 1. The van der Waals surface area contributed by atoms with Gasteiger partial charge in [-0.2, -0.15) is 0 Å². The second-order valence-electron chi connectivity index (χ2n) is 5.47. The number of nitrogens with two attached hydrogens (primary N) is 1. The molecule has 0 bridgehead atoms. The molecule has 2 N–H and O–H groups in total. The molecule has 0 aromatic heterocycles. The average molecular weight is 311 g/mol. The van der Waals surface area contributed by atoms with Gasteiger partial charge in [0.15, 0.2) is 0 Å². The van der Waals surface area contributed by atoms with Crippen molar-refractivity contribution in [2.24, 2.45) is 5.73 Å². The van der Waals surface area contributed by atoms with Crippen LogP contribution in [0.15, 0.2) is 24.3 Å². The van der Waals surface area contributed by atoms with Gasteiger partial charge in [-0.15, -0.1) is 0 Å². The van der Waals surface area contributed by atoms with Crippen molar-refractivity contribution in [3.8, 4) is 5.75 Å². The highest BCUT2D eigenvalue weighted by molar-refractivity contribution is 6.32. The second-order valence-corrected chi connectivity index (χ2v) is 5.88. The van der Waals surface area contributed by atoms with E-state index in [1.165, 1.54) is 0 Å². The van der Waals surface area contributed by atoms with Crippen LogP contribution in [0.2, 0.25) is 5.02 Å². The molecule has 0 radical (unpaired) electrons. The monoisotopic (exact) mass is 310 g/mol. The lowest BCUT2D eigenvalue weighted by molar-refractivity contribution is -0.134. The Morgan fingerprint density at radius 3 is 2.71 bits per heavy atom. The molecule has 0 aliphatic carbocycles. The molecule has 0 saturated carbocycles. The summed E-state index contributed by atoms with van der Waals surface area (Å²) in [5.41, 5.74) is 5.90. The quantitative estimate of drug-likeness (QED) is 0.910. The summed E-state index contributed by atoms with van der Waals surface area (Å²) in [5.74, 6) is 0.777. The first kappa shape index (κ1) is 16.1. The Kier molecular flexibility index (Phi) is 5.88. The molecule has 1 heterocycles. The smallest absolute Gasteiger partial charge is 0.239 e. The molecule has 1 saturated heterocycles. The molecule has 1 amide bonds. The van der Waals surface area contributed by atoms with Gasteiger partial charge in [-0.1, -0.05) is 37.1 Å². The zero-order chi connectivity index (χ0) is 15.2. The zero-order valence-corrected chi connectivity index (χ0v) is 13.2. The summed E-state index contributed by atoms with van der Waals surface area (Å²) in [6.45, 7) is 3.44. The molecular weight excluding hydrogens is 288 g/mol. The summed E-state index contributed by atoms with van der Waals surface area (Å²) in [5, 5.41) is 0.626. The van der Waals surface area contributed by atoms with Crippen molar-refractivity contribution in [1.82, 2.24) is 4.90 Å². The topological polar surface area (TPSA) is 55.6 Å². The highest BCUT2D eigenvalue weighted by Crippen LogP contribution is 2.26. The molecule has 1 aliphatic heterocycles. The second kappa shape index (κ2) is 7.66. The van der Waals surface area contributed by atoms with Crippen LogP contribution in [-0.2, 0) is 4.79 Å². The van der Waals surface area contributed by atoms with Crippen LogP contribution >= 0.6 is 11.6 Å². The molecule has 0 spiro atoms. The van der Waals surface area contributed by atoms with E-state index in [2.05, 4.69) is 0 Å². The summed E-state index contributed by atoms with van der Waals surface area (Å²) >= 11 is 6.09. The number of amides is 1. The minimum atomic E-state index is -0.365. The predicted octanol–water partition coefficient (Wildman–Crippen LogP) is 2.84. The molecule has 2 rings (SSSR count). The minimum absolute atomic E-state index is 0.0630. The van der Waals surface area contributed by atoms with Crippen molar-refractivity contribution in [3.05, 3.63) is 29.3 Å². The molecule has 4 nitrogen and oxygen atoms in total. The molecule has 5 heteroatoms. The number of nitrogens with zero attached hydrogens (tertiary/aromatic N) is 1. The van der Waals surface area contributed by atoms with Crippen LogP contribution in [0.1, 0.15) is 32.6 Å². The molecule has 0 unspecified atom stereocenters. The van der Waals surface area contributed by atoms with Gasteiger partial charge in [0.05, 0.1) is 11.1 Å². The fraction of sp³-hybridized carbons (Fsp3) is 0.562.